The zero-order chi connectivity index (χ0) is 71.8. The molecule has 4 aliphatic heterocycles. The molecule has 0 fully saturated rings. The summed E-state index contributed by atoms with van der Waals surface area (Å²) in [6.45, 7) is 12.5. The van der Waals surface area contributed by atoms with E-state index in [1.54, 1.807) is 0 Å². The first kappa shape index (κ1) is 59.5. The van der Waals surface area contributed by atoms with Crippen LogP contribution >= 0.6 is 0 Å². The first-order valence-electron chi connectivity index (χ1n) is 36.4. The normalized spacial score (nSPS) is 14.1. The fourth-order valence-corrected chi connectivity index (χ4v) is 14.8. The molecule has 0 atom stereocenters. The van der Waals surface area contributed by atoms with Gasteiger partial charge in [-0.25, -0.2) is 0 Å². The predicted octanol–water partition coefficient (Wildman–Crippen LogP) is 23.6. The largest absolute Gasteiger partial charge is 0.457 e. The maximum Gasteiger partial charge on any atom is 0.131 e. The Kier molecular flexibility index (Phi) is 15.1. The minimum Gasteiger partial charge on any atom is -0.457 e. The van der Waals surface area contributed by atoms with Crippen molar-refractivity contribution in [1.82, 2.24) is 0 Å². The van der Waals surface area contributed by atoms with Crippen LogP contribution in [0.1, 0.15) is 37.5 Å². The maximum atomic E-state index is 8.52. The van der Waals surface area contributed by atoms with Gasteiger partial charge in [0.25, 0.3) is 0 Å². The van der Waals surface area contributed by atoms with E-state index in [1.807, 2.05) is 49.4 Å². The average molecular weight is 1340 g/mol. The minimum absolute atomic E-state index is 0.168. The molecule has 0 radical (unpaired) electrons. The Bertz CT molecular complexity index is 5360. The molecule has 17 rings (SSSR count). The van der Waals surface area contributed by atoms with Crippen LogP contribution in [0.5, 0.6) is 23.0 Å². The Labute approximate surface area is 603 Å². The lowest BCUT2D eigenvalue weighted by Gasteiger charge is -2.29. The van der Waals surface area contributed by atoms with Crippen LogP contribution in [0.4, 0.5) is 114 Å². The van der Waals surface area contributed by atoms with Gasteiger partial charge in [-0.3, -0.25) is 0 Å². The number of hydrogen-bond donors (Lipinski definition) is 0. The van der Waals surface area contributed by atoms with Crippen LogP contribution in [0.15, 0.2) is 291 Å². The second kappa shape index (κ2) is 26.0. The van der Waals surface area contributed by atoms with Crippen LogP contribution in [0.2, 0.25) is 0 Å². The number of hydrogen-bond acceptors (Lipinski definition) is 12. The van der Waals surface area contributed by atoms with Crippen molar-refractivity contribution >= 4 is 114 Å². The minimum atomic E-state index is -2.34. The first-order valence-corrected chi connectivity index (χ1v) is 34.9. The van der Waals surface area contributed by atoms with Gasteiger partial charge in [-0.15, -0.1) is 0 Å². The summed E-state index contributed by atoms with van der Waals surface area (Å²) in [7, 11) is 2.16. The Morgan fingerprint density at radius 2 is 0.549 bits per heavy atom. The molecule has 0 spiro atoms. The molecular formula is C90H80N10O2. The van der Waals surface area contributed by atoms with Gasteiger partial charge >= 0.3 is 0 Å². The molecule has 13 aromatic rings. The van der Waals surface area contributed by atoms with E-state index in [0.29, 0.717) is 36.3 Å². The first-order chi connectivity index (χ1) is 51.0. The molecule has 4 heterocycles. The summed E-state index contributed by atoms with van der Waals surface area (Å²) in [5, 5.41) is 0. The molecule has 0 saturated carbocycles. The van der Waals surface area contributed by atoms with Gasteiger partial charge in [0, 0.05) is 111 Å². The highest BCUT2D eigenvalue weighted by atomic mass is 16.5. The molecule has 12 nitrogen and oxygen atoms in total. The molecule has 0 aliphatic carbocycles. The smallest absolute Gasteiger partial charge is 0.131 e. The third kappa shape index (κ3) is 11.7. The summed E-state index contributed by atoms with van der Waals surface area (Å²) >= 11 is 0. The lowest BCUT2D eigenvalue weighted by atomic mass is 10.1. The number of aryl methyl sites for hydroxylation is 6. The zero-order valence-electron chi connectivity index (χ0n) is 61.3. The van der Waals surface area contributed by atoms with Gasteiger partial charge in [-0.05, 0) is 233 Å². The molecule has 102 heavy (non-hydrogen) atoms. The molecule has 4 aliphatic rings. The Morgan fingerprint density at radius 1 is 0.245 bits per heavy atom. The van der Waals surface area contributed by atoms with E-state index < -0.39 is 6.98 Å². The molecule has 0 amide bonds. The highest BCUT2D eigenvalue weighted by Crippen LogP contribution is 2.53. The Hall–Kier alpha value is -12.5. The van der Waals surface area contributed by atoms with Crippen LogP contribution < -0.4 is 58.5 Å². The second-order valence-electron chi connectivity index (χ2n) is 27.1. The molecule has 0 unspecified atom stereocenters. The van der Waals surface area contributed by atoms with Crippen molar-refractivity contribution in [1.29, 1.82) is 0 Å². The van der Waals surface area contributed by atoms with E-state index in [4.69, 9.17) is 13.6 Å². The summed E-state index contributed by atoms with van der Waals surface area (Å²) in [5.41, 5.74) is 27.2. The highest BCUT2D eigenvalue weighted by molar-refractivity contribution is 5.93. The summed E-state index contributed by atoms with van der Waals surface area (Å²) in [6.07, 6.45) is 0. The van der Waals surface area contributed by atoms with Gasteiger partial charge in [0.05, 0.1) is 70.2 Å². The Balaban J connectivity index is 0.710. The van der Waals surface area contributed by atoms with Gasteiger partial charge in [-0.2, -0.15) is 0 Å². The van der Waals surface area contributed by atoms with Crippen molar-refractivity contribution in [2.24, 2.45) is 0 Å². The fourth-order valence-electron chi connectivity index (χ4n) is 14.8. The Morgan fingerprint density at radius 3 is 0.941 bits per heavy atom. The van der Waals surface area contributed by atoms with Gasteiger partial charge in [-0.1, -0.05) is 97.1 Å². The van der Waals surface area contributed by atoms with Gasteiger partial charge in [0.1, 0.15) is 36.3 Å². The molecule has 12 heteroatoms. The highest BCUT2D eigenvalue weighted by Gasteiger charge is 2.34. The van der Waals surface area contributed by atoms with Gasteiger partial charge in [0.2, 0.25) is 0 Å². The van der Waals surface area contributed by atoms with Crippen molar-refractivity contribution in [2.75, 3.05) is 89.7 Å². The van der Waals surface area contributed by atoms with Crippen LogP contribution in [-0.2, 0) is 0 Å². The maximum absolute atomic E-state index is 8.52. The van der Waals surface area contributed by atoms with Crippen LogP contribution in [-0.4, -0.2) is 40.7 Å². The van der Waals surface area contributed by atoms with Gasteiger partial charge in [0.15, 0.2) is 0 Å². The van der Waals surface area contributed by atoms with Crippen molar-refractivity contribution < 1.29 is 13.6 Å². The monoisotopic (exact) mass is 1340 g/mol. The van der Waals surface area contributed by atoms with Crippen molar-refractivity contribution in [2.45, 2.75) is 41.5 Å². The van der Waals surface area contributed by atoms with Gasteiger partial charge < -0.3 is 58.5 Å². The number of ether oxygens (including phenoxy) is 2. The molecule has 13 aromatic carbocycles. The number of para-hydroxylation sites is 6. The summed E-state index contributed by atoms with van der Waals surface area (Å²) in [6, 6.07) is 103. The molecule has 0 N–H and O–H groups in total. The van der Waals surface area contributed by atoms with Crippen LogP contribution in [0.25, 0.3) is 0 Å². The lowest BCUT2D eigenvalue weighted by Crippen LogP contribution is -2.25. The molecular weight excluding hydrogens is 1250 g/mol. The number of nitrogens with zero attached hydrogens (tertiary/aromatic N) is 10. The SMILES string of the molecule is [2H]C([2H])([2H])N1CN(c2cccc(Oc3cc(N4CN(c5ccc(N6CN(c7cc(Oc8cccc(N9CN(C)c%10cc(C)c(C)cc%109)c8)cc(N(c8ccccc8)c8ccccc8)c7)c7cc(C)c(C)cc76)cc5)c5ccccc54)cc(N(c4ccccc4)c4ccccc4)c3)c2)c2cc(C)c(C)cc21. The average Bonchev–Trinajstić information content (AvgIpc) is 1.62. The lowest BCUT2D eigenvalue weighted by molar-refractivity contribution is 0.482. The van der Waals surface area contributed by atoms with Crippen molar-refractivity contribution in [3.05, 3.63) is 325 Å². The van der Waals surface area contributed by atoms with E-state index in [9.17, 15) is 0 Å². The fraction of sp³-hybridized carbons (Fsp3) is 0.133. The van der Waals surface area contributed by atoms with E-state index in [2.05, 4.69) is 334 Å². The standard InChI is InChI=1S/C90H80N10O2/c1-61-43-85-87(45-63(61)3)93(57-91(85)7)73-33-23-35-79(51-73)101-81-53-75(49-77(55-81)99(69-25-13-9-14-26-69)70-27-15-10-16-28-70)97-59-95(83-37-21-22-38-84(83)97)67-39-41-68(42-40-67)96-60-98(90-48-66(6)65(5)47-89(90)96)76-50-78(100(71-29-17-11-18-30-71)72-31-19-12-20-32-72)56-82(54-76)102-80-36-24-34-74(52-80)94-58-92(8)86-44-62(2)64(4)46-88(86)94/h9-56H,57-60H2,1-8H3/i7D3. The van der Waals surface area contributed by atoms with Crippen LogP contribution in [0, 0.1) is 41.5 Å². The van der Waals surface area contributed by atoms with E-state index in [0.717, 1.165) is 120 Å². The number of rotatable bonds is 16. The number of benzene rings is 13. The number of fused-ring (bicyclic) bond motifs is 4. The van der Waals surface area contributed by atoms with E-state index in [-0.39, 0.29) is 6.67 Å². The summed E-state index contributed by atoms with van der Waals surface area (Å²) in [4.78, 5) is 22.4. The summed E-state index contributed by atoms with van der Waals surface area (Å²) in [5.74, 6) is 2.70. The van der Waals surface area contributed by atoms with E-state index >= 15 is 0 Å². The van der Waals surface area contributed by atoms with E-state index in [1.165, 1.54) is 38.5 Å². The second-order valence-corrected chi connectivity index (χ2v) is 27.1. The quantitative estimate of drug-likeness (QED) is 0.0926. The third-order valence-electron chi connectivity index (χ3n) is 20.5. The zero-order valence-corrected chi connectivity index (χ0v) is 58.3. The summed E-state index contributed by atoms with van der Waals surface area (Å²) < 4.78 is 39.8. The molecule has 0 bridgehead atoms. The van der Waals surface area contributed by atoms with Crippen molar-refractivity contribution in [3.8, 4) is 23.0 Å². The molecule has 0 saturated heterocycles. The third-order valence-corrected chi connectivity index (χ3v) is 20.5. The molecule has 502 valence electrons. The molecule has 0 aromatic heterocycles. The number of anilines is 20. The topological polar surface area (TPSA) is 50.9 Å². The predicted molar refractivity (Wildman–Crippen MR) is 425 cm³/mol. The van der Waals surface area contributed by atoms with Crippen LogP contribution in [0.3, 0.4) is 0 Å². The van der Waals surface area contributed by atoms with Crippen molar-refractivity contribution in [3.63, 3.8) is 0 Å².